The zero-order chi connectivity index (χ0) is 8.15. The van der Waals surface area contributed by atoms with Gasteiger partial charge in [-0.25, -0.2) is 0 Å². The highest BCUT2D eigenvalue weighted by atomic mass is 16.2. The lowest BCUT2D eigenvalue weighted by Gasteiger charge is -2.05. The van der Waals surface area contributed by atoms with E-state index in [0.29, 0.717) is 0 Å². The average molecular weight is 144 g/mol. The zero-order valence-corrected chi connectivity index (χ0v) is 6.18. The minimum Gasteiger partial charge on any atom is -0.370 e. The fraction of sp³-hybridized carbons (Fsp3) is 0.667. The third-order valence-electron chi connectivity index (χ3n) is 1.20. The summed E-state index contributed by atoms with van der Waals surface area (Å²) < 4.78 is 0. The van der Waals surface area contributed by atoms with E-state index in [9.17, 15) is 9.59 Å². The van der Waals surface area contributed by atoms with Crippen LogP contribution in [-0.2, 0) is 9.59 Å². The topological polar surface area (TPSA) is 72.2 Å². The van der Waals surface area contributed by atoms with Crippen molar-refractivity contribution in [3.05, 3.63) is 0 Å². The number of carbonyl (C=O) groups excluding carboxylic acids is 2. The number of amides is 2. The molecule has 0 spiro atoms. The standard InChI is InChI=1S/C6H12N2O2/c1-4(3-5(7)9)6(10)8-2/h4H,3H2,1-2H3,(H2,7,9)(H,8,10). The Morgan fingerprint density at radius 2 is 2.10 bits per heavy atom. The molecule has 0 aromatic rings. The van der Waals surface area contributed by atoms with Gasteiger partial charge < -0.3 is 11.1 Å². The Bertz CT molecular complexity index is 145. The van der Waals surface area contributed by atoms with Crippen LogP contribution in [0.4, 0.5) is 0 Å². The molecule has 4 nitrogen and oxygen atoms in total. The van der Waals surface area contributed by atoms with Crippen molar-refractivity contribution in [1.82, 2.24) is 5.32 Å². The molecule has 1 unspecified atom stereocenters. The normalized spacial score (nSPS) is 12.2. The van der Waals surface area contributed by atoms with Gasteiger partial charge in [-0.15, -0.1) is 0 Å². The van der Waals surface area contributed by atoms with E-state index in [1.165, 1.54) is 7.05 Å². The van der Waals surface area contributed by atoms with Crippen molar-refractivity contribution in [2.75, 3.05) is 7.05 Å². The molecule has 0 radical (unpaired) electrons. The van der Waals surface area contributed by atoms with Crippen LogP contribution >= 0.6 is 0 Å². The number of primary amides is 1. The van der Waals surface area contributed by atoms with Gasteiger partial charge in [-0.05, 0) is 0 Å². The van der Waals surface area contributed by atoms with Crippen LogP contribution in [-0.4, -0.2) is 18.9 Å². The van der Waals surface area contributed by atoms with Gasteiger partial charge >= 0.3 is 0 Å². The second-order valence-corrected chi connectivity index (χ2v) is 2.19. The summed E-state index contributed by atoms with van der Waals surface area (Å²) in [4.78, 5) is 21.0. The number of hydrogen-bond acceptors (Lipinski definition) is 2. The summed E-state index contributed by atoms with van der Waals surface area (Å²) in [6.45, 7) is 1.66. The summed E-state index contributed by atoms with van der Waals surface area (Å²) in [6.07, 6.45) is 0.111. The third-order valence-corrected chi connectivity index (χ3v) is 1.20. The second-order valence-electron chi connectivity index (χ2n) is 2.19. The maximum Gasteiger partial charge on any atom is 0.223 e. The van der Waals surface area contributed by atoms with Crippen LogP contribution in [0.5, 0.6) is 0 Å². The molecule has 58 valence electrons. The summed E-state index contributed by atoms with van der Waals surface area (Å²) in [5.41, 5.74) is 4.87. The summed E-state index contributed by atoms with van der Waals surface area (Å²) in [7, 11) is 1.53. The van der Waals surface area contributed by atoms with Crippen molar-refractivity contribution in [3.63, 3.8) is 0 Å². The maximum atomic E-state index is 10.7. The number of nitrogens with one attached hydrogen (secondary N) is 1. The average Bonchev–Trinajstić information content (AvgIpc) is 1.85. The van der Waals surface area contributed by atoms with Crippen molar-refractivity contribution >= 4 is 11.8 Å². The molecule has 4 heteroatoms. The SMILES string of the molecule is CNC(=O)C(C)CC(N)=O. The van der Waals surface area contributed by atoms with Gasteiger partial charge in [-0.3, -0.25) is 9.59 Å². The monoisotopic (exact) mass is 144 g/mol. The minimum absolute atomic E-state index is 0.111. The minimum atomic E-state index is -0.448. The number of hydrogen-bond donors (Lipinski definition) is 2. The highest BCUT2D eigenvalue weighted by molar-refractivity contribution is 5.84. The van der Waals surface area contributed by atoms with Crippen LogP contribution in [0.1, 0.15) is 13.3 Å². The van der Waals surface area contributed by atoms with Crippen molar-refractivity contribution in [2.24, 2.45) is 11.7 Å². The largest absolute Gasteiger partial charge is 0.370 e. The Hall–Kier alpha value is -1.06. The van der Waals surface area contributed by atoms with Crippen LogP contribution in [0, 0.1) is 5.92 Å². The van der Waals surface area contributed by atoms with E-state index in [0.717, 1.165) is 0 Å². The van der Waals surface area contributed by atoms with Crippen LogP contribution in [0.3, 0.4) is 0 Å². The van der Waals surface area contributed by atoms with Gasteiger partial charge in [0.2, 0.25) is 11.8 Å². The summed E-state index contributed by atoms with van der Waals surface area (Å²) in [5.74, 6) is -0.919. The van der Waals surface area contributed by atoms with E-state index in [-0.39, 0.29) is 18.2 Å². The fourth-order valence-electron chi connectivity index (χ4n) is 0.641. The van der Waals surface area contributed by atoms with Crippen molar-refractivity contribution in [1.29, 1.82) is 0 Å². The fourth-order valence-corrected chi connectivity index (χ4v) is 0.641. The molecule has 0 saturated carbocycles. The predicted molar refractivity (Wildman–Crippen MR) is 37.0 cm³/mol. The highest BCUT2D eigenvalue weighted by Crippen LogP contribution is 1.99. The van der Waals surface area contributed by atoms with Crippen LogP contribution < -0.4 is 11.1 Å². The van der Waals surface area contributed by atoms with E-state index in [1.807, 2.05) is 0 Å². The first kappa shape index (κ1) is 8.94. The molecule has 10 heavy (non-hydrogen) atoms. The number of nitrogens with two attached hydrogens (primary N) is 1. The summed E-state index contributed by atoms with van der Waals surface area (Å²) in [6, 6.07) is 0. The Labute approximate surface area is 59.8 Å². The lowest BCUT2D eigenvalue weighted by molar-refractivity contribution is -0.128. The summed E-state index contributed by atoms with van der Waals surface area (Å²) in [5, 5.41) is 2.42. The van der Waals surface area contributed by atoms with Crippen LogP contribution in [0.25, 0.3) is 0 Å². The van der Waals surface area contributed by atoms with E-state index in [2.05, 4.69) is 5.32 Å². The summed E-state index contributed by atoms with van der Waals surface area (Å²) >= 11 is 0. The van der Waals surface area contributed by atoms with E-state index < -0.39 is 5.91 Å². The van der Waals surface area contributed by atoms with E-state index in [4.69, 9.17) is 5.73 Å². The molecule has 0 saturated heterocycles. The molecule has 0 aromatic carbocycles. The van der Waals surface area contributed by atoms with Crippen molar-refractivity contribution < 1.29 is 9.59 Å². The Balaban J connectivity index is 3.72. The van der Waals surface area contributed by atoms with Crippen LogP contribution in [0.15, 0.2) is 0 Å². The lowest BCUT2D eigenvalue weighted by atomic mass is 10.1. The van der Waals surface area contributed by atoms with Crippen LogP contribution in [0.2, 0.25) is 0 Å². The highest BCUT2D eigenvalue weighted by Gasteiger charge is 2.12. The molecule has 2 amide bonds. The van der Waals surface area contributed by atoms with Gasteiger partial charge in [0.25, 0.3) is 0 Å². The first-order valence-electron chi connectivity index (χ1n) is 3.07. The predicted octanol–water partition coefficient (Wildman–Crippen LogP) is -0.756. The molecule has 0 aliphatic carbocycles. The molecule has 3 N–H and O–H groups in total. The van der Waals surface area contributed by atoms with E-state index >= 15 is 0 Å². The third kappa shape index (κ3) is 3.06. The van der Waals surface area contributed by atoms with Gasteiger partial charge in [0.05, 0.1) is 0 Å². The van der Waals surface area contributed by atoms with Gasteiger partial charge in [0.15, 0.2) is 0 Å². The van der Waals surface area contributed by atoms with Gasteiger partial charge in [-0.1, -0.05) is 6.92 Å². The quantitative estimate of drug-likeness (QED) is 0.546. The molecule has 0 aromatic heterocycles. The molecule has 0 rings (SSSR count). The molecule has 0 heterocycles. The zero-order valence-electron chi connectivity index (χ0n) is 6.18. The maximum absolute atomic E-state index is 10.7. The first-order valence-corrected chi connectivity index (χ1v) is 3.07. The van der Waals surface area contributed by atoms with Gasteiger partial charge in [-0.2, -0.15) is 0 Å². The Morgan fingerprint density at radius 3 is 2.40 bits per heavy atom. The molecule has 0 aliphatic rings. The Morgan fingerprint density at radius 1 is 1.60 bits per heavy atom. The lowest BCUT2D eigenvalue weighted by Crippen LogP contribution is -2.28. The molecule has 0 bridgehead atoms. The molecule has 1 atom stereocenters. The molecular weight excluding hydrogens is 132 g/mol. The molecule has 0 aliphatic heterocycles. The van der Waals surface area contributed by atoms with E-state index in [1.54, 1.807) is 6.92 Å². The molecule has 0 fully saturated rings. The smallest absolute Gasteiger partial charge is 0.223 e. The number of carbonyl (C=O) groups is 2. The number of rotatable bonds is 3. The van der Waals surface area contributed by atoms with Gasteiger partial charge in [0.1, 0.15) is 0 Å². The molecular formula is C6H12N2O2. The van der Waals surface area contributed by atoms with Crippen molar-refractivity contribution in [2.45, 2.75) is 13.3 Å². The first-order chi connectivity index (χ1) is 4.57. The Kier molecular flexibility index (Phi) is 3.46. The van der Waals surface area contributed by atoms with Gasteiger partial charge in [0, 0.05) is 19.4 Å². The van der Waals surface area contributed by atoms with Crippen molar-refractivity contribution in [3.8, 4) is 0 Å². The second kappa shape index (κ2) is 3.87.